The number of rotatable bonds is 5. The van der Waals surface area contributed by atoms with Crippen molar-refractivity contribution >= 4 is 11.9 Å². The second-order valence-electron chi connectivity index (χ2n) is 4.31. The molecule has 1 amide bonds. The summed E-state index contributed by atoms with van der Waals surface area (Å²) in [6, 6.07) is 0. The molecule has 1 fully saturated rings. The Morgan fingerprint density at radius 1 is 1.50 bits per heavy atom. The lowest BCUT2D eigenvalue weighted by Crippen LogP contribution is -2.35. The largest absolute Gasteiger partial charge is 0.465 e. The van der Waals surface area contributed by atoms with Crippen LogP contribution < -0.4 is 0 Å². The summed E-state index contributed by atoms with van der Waals surface area (Å²) >= 11 is 0. The molecule has 1 aliphatic heterocycles. The number of carbonyl (C=O) groups excluding carboxylic acids is 2. The molecule has 0 saturated carbocycles. The third-order valence-electron chi connectivity index (χ3n) is 2.66. The number of amides is 1. The van der Waals surface area contributed by atoms with Crippen LogP contribution in [0.15, 0.2) is 0 Å². The van der Waals surface area contributed by atoms with Crippen molar-refractivity contribution in [3.8, 4) is 0 Å². The van der Waals surface area contributed by atoms with Gasteiger partial charge in [0.25, 0.3) is 0 Å². The van der Waals surface area contributed by atoms with Gasteiger partial charge in [-0.05, 0) is 6.42 Å². The molecule has 18 heavy (non-hydrogen) atoms. The number of esters is 1. The first-order valence-corrected chi connectivity index (χ1v) is 5.84. The lowest BCUT2D eigenvalue weighted by Gasteiger charge is -2.18. The Morgan fingerprint density at radius 3 is 2.72 bits per heavy atom. The van der Waals surface area contributed by atoms with Crippen LogP contribution in [0.4, 0.5) is 13.2 Å². The highest BCUT2D eigenvalue weighted by atomic mass is 19.4. The molecular weight excluding hydrogens is 251 g/mol. The van der Waals surface area contributed by atoms with E-state index in [-0.39, 0.29) is 19.6 Å². The van der Waals surface area contributed by atoms with Crippen LogP contribution in [-0.2, 0) is 14.3 Å². The Labute approximate surface area is 103 Å². The maximum Gasteiger partial charge on any atom is 0.406 e. The van der Waals surface area contributed by atoms with Gasteiger partial charge in [-0.1, -0.05) is 13.3 Å². The number of likely N-dealkylation sites (tertiary alicyclic amines) is 1. The van der Waals surface area contributed by atoms with Crippen LogP contribution in [0.5, 0.6) is 0 Å². The summed E-state index contributed by atoms with van der Waals surface area (Å²) in [5, 5.41) is 0. The van der Waals surface area contributed by atoms with Gasteiger partial charge >= 0.3 is 12.1 Å². The van der Waals surface area contributed by atoms with Crippen molar-refractivity contribution in [2.75, 3.05) is 19.7 Å². The normalized spacial score (nSPS) is 20.3. The molecule has 7 heteroatoms. The standard InChI is InChI=1S/C11H16F3NO3/c1-2-3-4-18-10(17)8-5-9(16)15(6-8)7-11(12,13)14/h8H,2-7H2,1H3. The summed E-state index contributed by atoms with van der Waals surface area (Å²) in [7, 11) is 0. The van der Waals surface area contributed by atoms with Crippen LogP contribution in [0, 0.1) is 5.92 Å². The maximum absolute atomic E-state index is 12.1. The molecular formula is C11H16F3NO3. The van der Waals surface area contributed by atoms with Gasteiger partial charge in [0.1, 0.15) is 6.54 Å². The number of carbonyl (C=O) groups is 2. The molecule has 0 aliphatic carbocycles. The Bertz CT molecular complexity index is 317. The second-order valence-corrected chi connectivity index (χ2v) is 4.31. The van der Waals surface area contributed by atoms with Gasteiger partial charge in [0, 0.05) is 13.0 Å². The molecule has 1 atom stereocenters. The first kappa shape index (κ1) is 14.8. The van der Waals surface area contributed by atoms with E-state index in [2.05, 4.69) is 0 Å². The molecule has 0 radical (unpaired) electrons. The number of ether oxygens (including phenoxy) is 1. The van der Waals surface area contributed by atoms with Crippen LogP contribution in [0.1, 0.15) is 26.2 Å². The van der Waals surface area contributed by atoms with Gasteiger partial charge in [-0.3, -0.25) is 9.59 Å². The van der Waals surface area contributed by atoms with Crippen molar-refractivity contribution < 1.29 is 27.5 Å². The molecule has 1 aliphatic rings. The fourth-order valence-corrected chi connectivity index (χ4v) is 1.73. The number of nitrogens with zero attached hydrogens (tertiary/aromatic N) is 1. The summed E-state index contributed by atoms with van der Waals surface area (Å²) in [6.45, 7) is 0.672. The van der Waals surface area contributed by atoms with Crippen molar-refractivity contribution in [2.24, 2.45) is 5.92 Å². The Balaban J connectivity index is 2.43. The SMILES string of the molecule is CCCCOC(=O)C1CC(=O)N(CC(F)(F)F)C1. The third-order valence-corrected chi connectivity index (χ3v) is 2.66. The number of halogens is 3. The number of alkyl halides is 3. The number of hydrogen-bond donors (Lipinski definition) is 0. The summed E-state index contributed by atoms with van der Waals surface area (Å²) < 4.78 is 41.3. The molecule has 0 bridgehead atoms. The zero-order valence-electron chi connectivity index (χ0n) is 10.1. The van der Waals surface area contributed by atoms with Crippen LogP contribution >= 0.6 is 0 Å². The fourth-order valence-electron chi connectivity index (χ4n) is 1.73. The van der Waals surface area contributed by atoms with Crippen molar-refractivity contribution in [1.82, 2.24) is 4.90 Å². The minimum absolute atomic E-state index is 0.193. The van der Waals surface area contributed by atoms with E-state index in [1.54, 1.807) is 0 Å². The molecule has 1 unspecified atom stereocenters. The fraction of sp³-hybridized carbons (Fsp3) is 0.818. The second kappa shape index (κ2) is 6.06. The first-order valence-electron chi connectivity index (χ1n) is 5.84. The molecule has 0 N–H and O–H groups in total. The van der Waals surface area contributed by atoms with Crippen LogP contribution in [0.2, 0.25) is 0 Å². The molecule has 1 rings (SSSR count). The molecule has 1 saturated heterocycles. The highest BCUT2D eigenvalue weighted by molar-refractivity contribution is 5.86. The third kappa shape index (κ3) is 4.54. The van der Waals surface area contributed by atoms with Crippen molar-refractivity contribution in [1.29, 1.82) is 0 Å². The van der Waals surface area contributed by atoms with E-state index in [4.69, 9.17) is 4.74 Å². The summed E-state index contributed by atoms with van der Waals surface area (Å²) in [6.07, 6.45) is -3.06. The molecule has 4 nitrogen and oxygen atoms in total. The van der Waals surface area contributed by atoms with Crippen molar-refractivity contribution in [3.05, 3.63) is 0 Å². The first-order chi connectivity index (χ1) is 8.33. The minimum Gasteiger partial charge on any atom is -0.465 e. The summed E-state index contributed by atoms with van der Waals surface area (Å²) in [5.41, 5.74) is 0. The minimum atomic E-state index is -4.43. The lowest BCUT2D eigenvalue weighted by molar-refractivity contribution is -0.158. The van der Waals surface area contributed by atoms with E-state index >= 15 is 0 Å². The van der Waals surface area contributed by atoms with Gasteiger partial charge in [-0.25, -0.2) is 0 Å². The highest BCUT2D eigenvalue weighted by Gasteiger charge is 2.41. The van der Waals surface area contributed by atoms with E-state index in [0.29, 0.717) is 11.3 Å². The Kier molecular flexibility index (Phi) is 4.98. The quantitative estimate of drug-likeness (QED) is 0.563. The zero-order chi connectivity index (χ0) is 13.8. The van der Waals surface area contributed by atoms with Crippen molar-refractivity contribution in [2.45, 2.75) is 32.4 Å². The summed E-state index contributed by atoms with van der Waals surface area (Å²) in [4.78, 5) is 23.5. The topological polar surface area (TPSA) is 46.6 Å². The van der Waals surface area contributed by atoms with Crippen molar-refractivity contribution in [3.63, 3.8) is 0 Å². The van der Waals surface area contributed by atoms with Gasteiger partial charge in [0.15, 0.2) is 0 Å². The maximum atomic E-state index is 12.1. The van der Waals surface area contributed by atoms with Gasteiger partial charge < -0.3 is 9.64 Å². The summed E-state index contributed by atoms with van der Waals surface area (Å²) in [5.74, 6) is -2.00. The van der Waals surface area contributed by atoms with E-state index in [1.807, 2.05) is 6.92 Å². The molecule has 0 aromatic heterocycles. The van der Waals surface area contributed by atoms with Crippen LogP contribution in [0.3, 0.4) is 0 Å². The molecule has 0 aromatic rings. The Morgan fingerprint density at radius 2 is 2.17 bits per heavy atom. The molecule has 1 heterocycles. The van der Waals surface area contributed by atoms with E-state index in [0.717, 1.165) is 6.42 Å². The van der Waals surface area contributed by atoms with E-state index in [9.17, 15) is 22.8 Å². The highest BCUT2D eigenvalue weighted by Crippen LogP contribution is 2.24. The monoisotopic (exact) mass is 267 g/mol. The number of hydrogen-bond acceptors (Lipinski definition) is 3. The van der Waals surface area contributed by atoms with Gasteiger partial charge in [0.2, 0.25) is 5.91 Å². The average molecular weight is 267 g/mol. The average Bonchev–Trinajstić information content (AvgIpc) is 2.58. The number of unbranched alkanes of at least 4 members (excludes halogenated alkanes) is 1. The smallest absolute Gasteiger partial charge is 0.406 e. The van der Waals surface area contributed by atoms with Gasteiger partial charge in [-0.15, -0.1) is 0 Å². The van der Waals surface area contributed by atoms with Gasteiger partial charge in [-0.2, -0.15) is 13.2 Å². The molecule has 104 valence electrons. The van der Waals surface area contributed by atoms with E-state index < -0.39 is 30.5 Å². The lowest BCUT2D eigenvalue weighted by atomic mass is 10.1. The van der Waals surface area contributed by atoms with Gasteiger partial charge in [0.05, 0.1) is 12.5 Å². The van der Waals surface area contributed by atoms with Crippen LogP contribution in [0.25, 0.3) is 0 Å². The Hall–Kier alpha value is -1.27. The molecule has 0 spiro atoms. The zero-order valence-corrected chi connectivity index (χ0v) is 10.1. The predicted molar refractivity (Wildman–Crippen MR) is 56.6 cm³/mol. The predicted octanol–water partition coefficient (Wildman–Crippen LogP) is 1.74. The van der Waals surface area contributed by atoms with E-state index in [1.165, 1.54) is 0 Å². The molecule has 0 aromatic carbocycles. The van der Waals surface area contributed by atoms with Crippen LogP contribution in [-0.4, -0.2) is 42.6 Å².